The predicted octanol–water partition coefficient (Wildman–Crippen LogP) is 5.84. The van der Waals surface area contributed by atoms with Crippen molar-refractivity contribution in [2.45, 2.75) is 6.54 Å². The lowest BCUT2D eigenvalue weighted by Gasteiger charge is -2.04. The molecule has 3 N–H and O–H groups in total. The lowest BCUT2D eigenvalue weighted by atomic mass is 10.0. The minimum atomic E-state index is -0.629. The van der Waals surface area contributed by atoms with Gasteiger partial charge in [-0.2, -0.15) is 0 Å². The number of rotatable bonds is 5. The normalized spacial score (nSPS) is 11.5. The van der Waals surface area contributed by atoms with Gasteiger partial charge in [0.15, 0.2) is 0 Å². The van der Waals surface area contributed by atoms with Gasteiger partial charge in [0.1, 0.15) is 28.6 Å². The number of hydrogen-bond acceptors (Lipinski definition) is 4. The Balaban J connectivity index is 1.34. The third-order valence-electron chi connectivity index (χ3n) is 5.48. The van der Waals surface area contributed by atoms with Crippen LogP contribution in [0.15, 0.2) is 83.4 Å². The van der Waals surface area contributed by atoms with Crippen LogP contribution in [0.2, 0.25) is 0 Å². The molecule has 5 rings (SSSR count). The molecule has 0 aliphatic carbocycles. The fraction of sp³-hybridized carbons (Fsp3) is 0.0370. The Morgan fingerprint density at radius 1 is 0.971 bits per heavy atom. The molecule has 34 heavy (non-hydrogen) atoms. The van der Waals surface area contributed by atoms with E-state index in [4.69, 9.17) is 10.2 Å². The molecule has 0 bridgehead atoms. The van der Waals surface area contributed by atoms with Gasteiger partial charge in [0.2, 0.25) is 5.91 Å². The molecule has 5 nitrogen and oxygen atoms in total. The van der Waals surface area contributed by atoms with Gasteiger partial charge >= 0.3 is 0 Å². The van der Waals surface area contributed by atoms with Crippen molar-refractivity contribution in [1.82, 2.24) is 10.3 Å². The van der Waals surface area contributed by atoms with Crippen LogP contribution in [0.25, 0.3) is 39.1 Å². The summed E-state index contributed by atoms with van der Waals surface area (Å²) in [6, 6.07) is 18.0. The topological polar surface area (TPSA) is 81.2 Å². The second-order valence-electron chi connectivity index (χ2n) is 7.84. The van der Waals surface area contributed by atoms with Crippen LogP contribution in [0.3, 0.4) is 0 Å². The number of carbonyl (C=O) groups excluding carboxylic acids is 1. The standard InChI is InChI=1S/C27H19F2N3O2/c28-19-5-7-20(23(29)13-19)18-4-6-21-22-11-17(1-8-24(22)34-25(21)12-18)15-32-27(33)10-3-16-2-9-26(30)31-14-16/h1-14H,15H2,(H2,30,31)(H,32,33)/b10-3+. The summed E-state index contributed by atoms with van der Waals surface area (Å²) in [5.74, 6) is -1.07. The summed E-state index contributed by atoms with van der Waals surface area (Å²) in [5, 5.41) is 4.60. The molecular formula is C27H19F2N3O2. The zero-order chi connectivity index (χ0) is 23.7. The van der Waals surface area contributed by atoms with E-state index in [-0.39, 0.29) is 5.91 Å². The van der Waals surface area contributed by atoms with E-state index in [9.17, 15) is 13.6 Å². The number of pyridine rings is 1. The van der Waals surface area contributed by atoms with Crippen LogP contribution in [0, 0.1) is 11.6 Å². The maximum atomic E-state index is 14.2. The Morgan fingerprint density at radius 2 is 1.85 bits per heavy atom. The molecule has 0 saturated heterocycles. The largest absolute Gasteiger partial charge is 0.456 e. The summed E-state index contributed by atoms with van der Waals surface area (Å²) in [5.41, 5.74) is 9.40. The molecule has 5 aromatic rings. The van der Waals surface area contributed by atoms with Crippen molar-refractivity contribution in [1.29, 1.82) is 0 Å². The predicted molar refractivity (Wildman–Crippen MR) is 129 cm³/mol. The quantitative estimate of drug-likeness (QED) is 0.326. The Bertz CT molecular complexity index is 1560. The molecule has 168 valence electrons. The van der Waals surface area contributed by atoms with Crippen molar-refractivity contribution in [3.63, 3.8) is 0 Å². The summed E-state index contributed by atoms with van der Waals surface area (Å²) < 4.78 is 33.4. The van der Waals surface area contributed by atoms with Crippen LogP contribution in [0.5, 0.6) is 0 Å². The molecular weight excluding hydrogens is 436 g/mol. The Kier molecular flexibility index (Phi) is 5.51. The first kappa shape index (κ1) is 21.3. The number of benzene rings is 3. The lowest BCUT2D eigenvalue weighted by molar-refractivity contribution is -0.116. The Hall–Kier alpha value is -4.52. The van der Waals surface area contributed by atoms with Crippen LogP contribution in [0.4, 0.5) is 14.6 Å². The highest BCUT2D eigenvalue weighted by Crippen LogP contribution is 2.33. The van der Waals surface area contributed by atoms with Gasteiger partial charge in [-0.25, -0.2) is 13.8 Å². The molecule has 0 aliphatic rings. The number of carbonyl (C=O) groups is 1. The Morgan fingerprint density at radius 3 is 2.65 bits per heavy atom. The summed E-state index contributed by atoms with van der Waals surface area (Å²) in [4.78, 5) is 16.2. The van der Waals surface area contributed by atoms with E-state index in [1.54, 1.807) is 36.5 Å². The van der Waals surface area contributed by atoms with Crippen LogP contribution in [0.1, 0.15) is 11.1 Å². The van der Waals surface area contributed by atoms with Crippen LogP contribution in [-0.4, -0.2) is 10.9 Å². The molecule has 0 aliphatic heterocycles. The highest BCUT2D eigenvalue weighted by molar-refractivity contribution is 6.06. The summed E-state index contributed by atoms with van der Waals surface area (Å²) in [6.45, 7) is 0.338. The van der Waals surface area contributed by atoms with Crippen molar-refractivity contribution >= 4 is 39.7 Å². The van der Waals surface area contributed by atoms with Gasteiger partial charge in [0.25, 0.3) is 0 Å². The molecule has 0 atom stereocenters. The molecule has 2 aromatic heterocycles. The van der Waals surface area contributed by atoms with E-state index in [1.165, 1.54) is 18.2 Å². The number of fused-ring (bicyclic) bond motifs is 3. The maximum Gasteiger partial charge on any atom is 0.244 e. The fourth-order valence-electron chi connectivity index (χ4n) is 3.76. The first-order chi connectivity index (χ1) is 16.5. The van der Waals surface area contributed by atoms with Crippen LogP contribution >= 0.6 is 0 Å². The minimum Gasteiger partial charge on any atom is -0.456 e. The number of nitrogens with zero attached hydrogens (tertiary/aromatic N) is 1. The number of anilines is 1. The van der Waals surface area contributed by atoms with Crippen LogP contribution in [-0.2, 0) is 11.3 Å². The molecule has 0 saturated carbocycles. The second-order valence-corrected chi connectivity index (χ2v) is 7.84. The summed E-state index contributed by atoms with van der Waals surface area (Å²) >= 11 is 0. The summed E-state index contributed by atoms with van der Waals surface area (Å²) in [6.07, 6.45) is 4.69. The van der Waals surface area contributed by atoms with E-state index >= 15 is 0 Å². The number of furan rings is 1. The van der Waals surface area contributed by atoms with E-state index in [1.807, 2.05) is 24.3 Å². The maximum absolute atomic E-state index is 14.2. The van der Waals surface area contributed by atoms with Gasteiger partial charge in [0.05, 0.1) is 0 Å². The first-order valence-corrected chi connectivity index (χ1v) is 10.5. The molecule has 2 heterocycles. The van der Waals surface area contributed by atoms with Crippen molar-refractivity contribution in [2.24, 2.45) is 0 Å². The number of nitrogen functional groups attached to an aromatic ring is 1. The molecule has 0 spiro atoms. The van der Waals surface area contributed by atoms with E-state index in [2.05, 4.69) is 10.3 Å². The van der Waals surface area contributed by atoms with Gasteiger partial charge in [0, 0.05) is 41.2 Å². The number of amides is 1. The molecule has 0 fully saturated rings. The third kappa shape index (κ3) is 4.36. The number of halogens is 2. The molecule has 0 unspecified atom stereocenters. The van der Waals surface area contributed by atoms with Gasteiger partial charge in [-0.05, 0) is 71.3 Å². The van der Waals surface area contributed by atoms with Crippen molar-refractivity contribution < 1.29 is 18.0 Å². The molecule has 1 amide bonds. The third-order valence-corrected chi connectivity index (χ3v) is 5.48. The van der Waals surface area contributed by atoms with Crippen LogP contribution < -0.4 is 11.1 Å². The Labute approximate surface area is 193 Å². The highest BCUT2D eigenvalue weighted by Gasteiger charge is 2.12. The average Bonchev–Trinajstić information content (AvgIpc) is 3.19. The first-order valence-electron chi connectivity index (χ1n) is 10.5. The SMILES string of the molecule is Nc1ccc(/C=C/C(=O)NCc2ccc3oc4cc(-c5ccc(F)cc5F)ccc4c3c2)cn1. The van der Waals surface area contributed by atoms with Crippen molar-refractivity contribution in [3.05, 3.63) is 102 Å². The van der Waals surface area contributed by atoms with Gasteiger partial charge < -0.3 is 15.5 Å². The zero-order valence-corrected chi connectivity index (χ0v) is 17.9. The average molecular weight is 455 g/mol. The van der Waals surface area contributed by atoms with E-state index < -0.39 is 11.6 Å². The fourth-order valence-corrected chi connectivity index (χ4v) is 3.76. The van der Waals surface area contributed by atoms with E-state index in [0.29, 0.717) is 34.7 Å². The highest BCUT2D eigenvalue weighted by atomic mass is 19.1. The van der Waals surface area contributed by atoms with Crippen molar-refractivity contribution in [2.75, 3.05) is 5.73 Å². The summed E-state index contributed by atoms with van der Waals surface area (Å²) in [7, 11) is 0. The van der Waals surface area contributed by atoms with Gasteiger partial charge in [-0.3, -0.25) is 4.79 Å². The monoisotopic (exact) mass is 455 g/mol. The van der Waals surface area contributed by atoms with Gasteiger partial charge in [-0.1, -0.05) is 12.1 Å². The number of aromatic nitrogens is 1. The van der Waals surface area contributed by atoms with E-state index in [0.717, 1.165) is 28.0 Å². The molecule has 0 radical (unpaired) electrons. The smallest absolute Gasteiger partial charge is 0.244 e. The van der Waals surface area contributed by atoms with Gasteiger partial charge in [-0.15, -0.1) is 0 Å². The zero-order valence-electron chi connectivity index (χ0n) is 17.9. The second kappa shape index (κ2) is 8.78. The number of nitrogens with two attached hydrogens (primary N) is 1. The minimum absolute atomic E-state index is 0.236. The number of nitrogens with one attached hydrogen (secondary N) is 1. The molecule has 7 heteroatoms. The van der Waals surface area contributed by atoms with Crippen molar-refractivity contribution in [3.8, 4) is 11.1 Å². The lowest BCUT2D eigenvalue weighted by Crippen LogP contribution is -2.20. The molecule has 3 aromatic carbocycles. The number of hydrogen-bond donors (Lipinski definition) is 2.